The molecule has 0 aromatic heterocycles. The minimum Gasteiger partial charge on any atom is -0.481 e. The maximum absolute atomic E-state index is 13.1. The number of sulfone groups is 1. The van der Waals surface area contributed by atoms with E-state index in [2.05, 4.69) is 0 Å². The van der Waals surface area contributed by atoms with E-state index in [1.807, 2.05) is 26.0 Å². The molecule has 25 heavy (non-hydrogen) atoms. The molecule has 6 heteroatoms. The van der Waals surface area contributed by atoms with Crippen molar-refractivity contribution in [1.82, 2.24) is 0 Å². The molecule has 1 saturated carbocycles. The number of rotatable bonds is 5. The molecule has 0 heterocycles. The average molecular weight is 359 g/mol. The van der Waals surface area contributed by atoms with Crippen molar-refractivity contribution >= 4 is 15.8 Å². The fourth-order valence-corrected chi connectivity index (χ4v) is 5.95. The van der Waals surface area contributed by atoms with Crippen molar-refractivity contribution in [2.24, 2.45) is 11.1 Å². The van der Waals surface area contributed by atoms with E-state index in [9.17, 15) is 18.3 Å². The number of aryl methyl sites for hydroxylation is 2. The van der Waals surface area contributed by atoms with Crippen molar-refractivity contribution in [1.29, 1.82) is 0 Å². The van der Waals surface area contributed by atoms with Gasteiger partial charge in [0.1, 0.15) is 5.41 Å². The molecular formula is C19H21NO4S. The summed E-state index contributed by atoms with van der Waals surface area (Å²) < 4.78 is 26.2. The van der Waals surface area contributed by atoms with Crippen LogP contribution in [-0.2, 0) is 14.6 Å². The van der Waals surface area contributed by atoms with Gasteiger partial charge in [-0.05, 0) is 31.5 Å². The summed E-state index contributed by atoms with van der Waals surface area (Å²) in [5.41, 5.74) is 6.94. The van der Waals surface area contributed by atoms with Gasteiger partial charge in [-0.1, -0.05) is 47.5 Å². The molecule has 2 aromatic rings. The summed E-state index contributed by atoms with van der Waals surface area (Å²) in [5, 5.41) is 8.71. The fraction of sp³-hybridized carbons (Fsp3) is 0.316. The highest BCUT2D eigenvalue weighted by atomic mass is 32.2. The molecule has 0 saturated heterocycles. The molecule has 1 aliphatic carbocycles. The lowest BCUT2D eigenvalue weighted by atomic mass is 9.99. The van der Waals surface area contributed by atoms with Crippen molar-refractivity contribution in [3.8, 4) is 0 Å². The Balaban J connectivity index is 2.10. The van der Waals surface area contributed by atoms with Crippen LogP contribution in [0.1, 0.15) is 22.6 Å². The second-order valence-corrected chi connectivity index (χ2v) is 8.79. The third-order valence-corrected chi connectivity index (χ3v) is 7.40. The second-order valence-electron chi connectivity index (χ2n) is 6.72. The minimum atomic E-state index is -3.82. The van der Waals surface area contributed by atoms with Gasteiger partial charge in [-0.25, -0.2) is 8.42 Å². The maximum Gasteiger partial charge on any atom is 0.312 e. The third-order valence-electron chi connectivity index (χ3n) is 5.11. The van der Waals surface area contributed by atoms with Crippen LogP contribution in [0.25, 0.3) is 0 Å². The van der Waals surface area contributed by atoms with Gasteiger partial charge in [0.05, 0.1) is 10.1 Å². The summed E-state index contributed by atoms with van der Waals surface area (Å²) in [4.78, 5) is 12.1. The summed E-state index contributed by atoms with van der Waals surface area (Å²) in [7, 11) is -3.82. The first-order chi connectivity index (χ1) is 11.7. The predicted octanol–water partition coefficient (Wildman–Crippen LogP) is 2.27. The molecule has 0 radical (unpaired) electrons. The molecule has 132 valence electrons. The van der Waals surface area contributed by atoms with Gasteiger partial charge in [0.25, 0.3) is 0 Å². The Morgan fingerprint density at radius 3 is 1.96 bits per heavy atom. The summed E-state index contributed by atoms with van der Waals surface area (Å²) in [6.07, 6.45) is 0. The summed E-state index contributed by atoms with van der Waals surface area (Å²) in [6.45, 7) is 3.56. The molecule has 2 aromatic carbocycles. The second kappa shape index (κ2) is 5.97. The Kier molecular flexibility index (Phi) is 4.21. The van der Waals surface area contributed by atoms with E-state index in [0.29, 0.717) is 5.56 Å². The topological polar surface area (TPSA) is 97.5 Å². The van der Waals surface area contributed by atoms with E-state index in [-0.39, 0.29) is 11.4 Å². The first-order valence-corrected chi connectivity index (χ1v) is 9.60. The molecule has 0 amide bonds. The molecule has 3 N–H and O–H groups in total. The van der Waals surface area contributed by atoms with E-state index in [1.165, 1.54) is 12.1 Å². The van der Waals surface area contributed by atoms with Gasteiger partial charge in [-0.2, -0.15) is 0 Å². The lowest BCUT2D eigenvalue weighted by Gasteiger charge is -2.10. The van der Waals surface area contributed by atoms with Gasteiger partial charge in [0.15, 0.2) is 9.84 Å². The normalized spacial score (nSPS) is 25.6. The Labute approximate surface area is 147 Å². The van der Waals surface area contributed by atoms with Crippen LogP contribution in [0.3, 0.4) is 0 Å². The summed E-state index contributed by atoms with van der Waals surface area (Å²) in [5.74, 6) is -1.82. The van der Waals surface area contributed by atoms with Gasteiger partial charge in [0.2, 0.25) is 0 Å². The molecule has 0 aliphatic heterocycles. The number of hydrogen-bond donors (Lipinski definition) is 2. The molecule has 0 spiro atoms. The minimum absolute atomic E-state index is 0.136. The zero-order chi connectivity index (χ0) is 18.4. The van der Waals surface area contributed by atoms with Crippen LogP contribution in [0.4, 0.5) is 0 Å². The van der Waals surface area contributed by atoms with E-state index in [1.54, 1.807) is 24.3 Å². The lowest BCUT2D eigenvalue weighted by molar-refractivity contribution is -0.143. The largest absolute Gasteiger partial charge is 0.481 e. The average Bonchev–Trinajstić information content (AvgIpc) is 3.27. The summed E-state index contributed by atoms with van der Waals surface area (Å²) in [6, 6.07) is 13.8. The smallest absolute Gasteiger partial charge is 0.312 e. The Morgan fingerprint density at radius 2 is 1.52 bits per heavy atom. The number of carboxylic acids is 1. The van der Waals surface area contributed by atoms with Crippen molar-refractivity contribution in [2.45, 2.75) is 29.9 Å². The third kappa shape index (κ3) is 2.65. The van der Waals surface area contributed by atoms with Crippen molar-refractivity contribution in [3.05, 3.63) is 65.2 Å². The highest BCUT2D eigenvalue weighted by Gasteiger charge is 2.75. The monoisotopic (exact) mass is 359 g/mol. The lowest BCUT2D eigenvalue weighted by Crippen LogP contribution is -2.31. The van der Waals surface area contributed by atoms with E-state index >= 15 is 0 Å². The highest BCUT2D eigenvalue weighted by Crippen LogP contribution is 2.63. The number of aliphatic carboxylic acids is 1. The molecule has 0 bridgehead atoms. The standard InChI is InChI=1S/C19H21NO4S/c1-12-3-7-14(8-4-12)16-17(19(16,11-20)18(21)22)25(23,24)15-9-5-13(2)6-10-15/h3-10,16-17H,11,20H2,1-2H3,(H,21,22)/t16-,17-,19-/m0/s1. The quantitative estimate of drug-likeness (QED) is 0.853. The fourth-order valence-electron chi connectivity index (χ4n) is 3.57. The van der Waals surface area contributed by atoms with Gasteiger partial charge < -0.3 is 10.8 Å². The maximum atomic E-state index is 13.1. The van der Waals surface area contributed by atoms with Crippen LogP contribution in [0.15, 0.2) is 53.4 Å². The first-order valence-electron chi connectivity index (χ1n) is 8.05. The van der Waals surface area contributed by atoms with Crippen LogP contribution in [0.5, 0.6) is 0 Å². The van der Waals surface area contributed by atoms with Gasteiger partial charge in [-0.3, -0.25) is 4.79 Å². The number of hydrogen-bond acceptors (Lipinski definition) is 4. The zero-order valence-corrected chi connectivity index (χ0v) is 15.0. The van der Waals surface area contributed by atoms with E-state index in [4.69, 9.17) is 5.73 Å². The summed E-state index contributed by atoms with van der Waals surface area (Å²) >= 11 is 0. The molecular weight excluding hydrogens is 338 g/mol. The molecule has 0 unspecified atom stereocenters. The highest BCUT2D eigenvalue weighted by molar-refractivity contribution is 7.92. The molecule has 1 aliphatic rings. The van der Waals surface area contributed by atoms with Crippen LogP contribution in [0, 0.1) is 19.3 Å². The van der Waals surface area contributed by atoms with Crippen LogP contribution in [-0.4, -0.2) is 31.3 Å². The van der Waals surface area contributed by atoms with E-state index < -0.39 is 32.4 Å². The van der Waals surface area contributed by atoms with Gasteiger partial charge in [-0.15, -0.1) is 0 Å². The molecule has 1 fully saturated rings. The van der Waals surface area contributed by atoms with Crippen LogP contribution < -0.4 is 5.73 Å². The number of nitrogens with two attached hydrogens (primary N) is 1. The first kappa shape index (κ1) is 17.6. The SMILES string of the molecule is Cc1ccc([C@H]2[C@H](S(=O)(=O)c3ccc(C)cc3)[C@@]2(CN)C(=O)O)cc1. The van der Waals surface area contributed by atoms with E-state index in [0.717, 1.165) is 11.1 Å². The zero-order valence-electron chi connectivity index (χ0n) is 14.1. The number of carboxylic acid groups (broad SMARTS) is 1. The molecule has 3 rings (SSSR count). The van der Waals surface area contributed by atoms with Crippen molar-refractivity contribution < 1.29 is 18.3 Å². The van der Waals surface area contributed by atoms with Crippen molar-refractivity contribution in [2.75, 3.05) is 6.54 Å². The number of carbonyl (C=O) groups is 1. The van der Waals surface area contributed by atoms with Crippen LogP contribution >= 0.6 is 0 Å². The van der Waals surface area contributed by atoms with Crippen molar-refractivity contribution in [3.63, 3.8) is 0 Å². The van der Waals surface area contributed by atoms with Gasteiger partial charge in [0, 0.05) is 12.5 Å². The molecule has 5 nitrogen and oxygen atoms in total. The Morgan fingerprint density at radius 1 is 1.04 bits per heavy atom. The van der Waals surface area contributed by atoms with Crippen LogP contribution in [0.2, 0.25) is 0 Å². The van der Waals surface area contributed by atoms with Gasteiger partial charge >= 0.3 is 5.97 Å². The predicted molar refractivity (Wildman–Crippen MR) is 95.2 cm³/mol. The number of benzene rings is 2. The Bertz CT molecular complexity index is 903. The molecule has 3 atom stereocenters. The Hall–Kier alpha value is -2.18.